The molecule has 2 aliphatic carbocycles. The topological polar surface area (TPSA) is 83.9 Å². The summed E-state index contributed by atoms with van der Waals surface area (Å²) in [4.78, 5) is 0. The van der Waals surface area contributed by atoms with E-state index in [1.807, 2.05) is 0 Å². The molecule has 0 saturated heterocycles. The van der Waals surface area contributed by atoms with Crippen LogP contribution in [0, 0.1) is 38.3 Å². The van der Waals surface area contributed by atoms with Crippen LogP contribution in [0.3, 0.4) is 0 Å². The average Bonchev–Trinajstić information content (AvgIpc) is 2.38. The maximum atomic E-state index is 14.1. The summed E-state index contributed by atoms with van der Waals surface area (Å²) < 4.78 is 31.4. The molecule has 2 aliphatic rings. The van der Waals surface area contributed by atoms with Gasteiger partial charge in [0, 0.05) is 0 Å². The molecule has 98 valence electrons. The predicted molar refractivity (Wildman–Crippen MR) is 66.2 cm³/mol. The monoisotopic (exact) mass is 320 g/mol. The van der Waals surface area contributed by atoms with E-state index < -0.39 is 48.2 Å². The Balaban J connectivity index is 3.56. The Kier molecular flexibility index (Phi) is 3.46. The van der Waals surface area contributed by atoms with Gasteiger partial charge in [0.15, 0.2) is 11.6 Å². The van der Waals surface area contributed by atoms with Crippen LogP contribution in [0.1, 0.15) is 0 Å². The van der Waals surface area contributed by atoms with Gasteiger partial charge in [0.1, 0.15) is 20.8 Å². The van der Waals surface area contributed by atoms with Gasteiger partial charge in [-0.05, 0) is 12.8 Å². The summed E-state index contributed by atoms with van der Waals surface area (Å²) in [6, 6.07) is 0. The van der Waals surface area contributed by atoms with Gasteiger partial charge in [-0.1, -0.05) is 23.2 Å². The lowest BCUT2D eigenvalue weighted by molar-refractivity contribution is 0.588. The quantitative estimate of drug-likeness (QED) is 0.523. The van der Waals surface area contributed by atoms with Crippen molar-refractivity contribution >= 4 is 36.0 Å². The van der Waals surface area contributed by atoms with Gasteiger partial charge in [-0.3, -0.25) is 16.2 Å². The highest BCUT2D eigenvalue weighted by molar-refractivity contribution is 7.78. The van der Waals surface area contributed by atoms with Crippen molar-refractivity contribution in [3.05, 3.63) is 53.5 Å². The first kappa shape index (κ1) is 14.1. The molecule has 0 aliphatic heterocycles. The summed E-state index contributed by atoms with van der Waals surface area (Å²) >= 11 is 14.8. The highest BCUT2D eigenvalue weighted by atomic mass is 35.5. The fourth-order valence-corrected chi connectivity index (χ4v) is 2.36. The summed E-state index contributed by atoms with van der Waals surface area (Å²) in [5.74, 6) is -2.29. The first-order chi connectivity index (χ1) is 8.82. The molecular formula is C10H4Cl2F2N4S. The molecule has 0 aromatic carbocycles. The predicted octanol–water partition coefficient (Wildman–Crippen LogP) is 1.06. The number of hydrogen-bond donors (Lipinski definition) is 4. The molecule has 9 heteroatoms. The van der Waals surface area contributed by atoms with E-state index in [1.165, 1.54) is 0 Å². The zero-order valence-corrected chi connectivity index (χ0v) is 11.3. The Morgan fingerprint density at radius 1 is 0.842 bits per heavy atom. The Bertz CT molecular complexity index is 979. The molecule has 0 radical (unpaired) electrons. The third-order valence-corrected chi connectivity index (χ3v) is 3.49. The summed E-state index contributed by atoms with van der Waals surface area (Å²) in [5.41, 5.74) is 0. The SMILES string of the molecule is N=c1c(Cl)c(F)c2c(=N)/c(=N\S)c(Cl)c(F)c=2c1=N. The van der Waals surface area contributed by atoms with Crippen LogP contribution in [-0.4, -0.2) is 0 Å². The fourth-order valence-electron chi connectivity index (χ4n) is 1.68. The Morgan fingerprint density at radius 2 is 1.32 bits per heavy atom. The highest BCUT2D eigenvalue weighted by Gasteiger charge is 2.17. The van der Waals surface area contributed by atoms with E-state index in [1.54, 1.807) is 0 Å². The normalized spacial score (nSPS) is 12.4. The second-order valence-electron chi connectivity index (χ2n) is 3.58. The van der Waals surface area contributed by atoms with Crippen LogP contribution in [0.15, 0.2) is 4.40 Å². The first-order valence-corrected chi connectivity index (χ1v) is 5.84. The lowest BCUT2D eigenvalue weighted by atomic mass is 10.1. The van der Waals surface area contributed by atoms with Crippen LogP contribution < -0.4 is 21.4 Å². The van der Waals surface area contributed by atoms with Gasteiger partial charge in [-0.2, -0.15) is 0 Å². The molecular weight excluding hydrogens is 317 g/mol. The van der Waals surface area contributed by atoms with Crippen LogP contribution in [-0.2, 0) is 0 Å². The van der Waals surface area contributed by atoms with Crippen LogP contribution in [0.5, 0.6) is 0 Å². The summed E-state index contributed by atoms with van der Waals surface area (Å²) in [7, 11) is 0. The van der Waals surface area contributed by atoms with Crippen LogP contribution in [0.25, 0.3) is 0 Å². The van der Waals surface area contributed by atoms with E-state index >= 15 is 0 Å². The molecule has 0 heterocycles. The van der Waals surface area contributed by atoms with E-state index in [2.05, 4.69) is 17.2 Å². The van der Waals surface area contributed by atoms with Crippen molar-refractivity contribution < 1.29 is 8.78 Å². The third-order valence-electron chi connectivity index (χ3n) is 2.59. The summed E-state index contributed by atoms with van der Waals surface area (Å²) in [5, 5.41) is 18.3. The number of halogens is 4. The average molecular weight is 321 g/mol. The Hall–Kier alpha value is -1.31. The summed E-state index contributed by atoms with van der Waals surface area (Å²) in [6.45, 7) is 0. The molecule has 0 aromatic rings. The van der Waals surface area contributed by atoms with Crippen molar-refractivity contribution in [3.8, 4) is 0 Å². The van der Waals surface area contributed by atoms with E-state index in [-0.39, 0.29) is 5.36 Å². The van der Waals surface area contributed by atoms with Crippen LogP contribution in [0.2, 0.25) is 10.0 Å². The van der Waals surface area contributed by atoms with Gasteiger partial charge in [-0.25, -0.2) is 13.2 Å². The summed E-state index contributed by atoms with van der Waals surface area (Å²) in [6.07, 6.45) is 0. The zero-order valence-electron chi connectivity index (χ0n) is 8.91. The molecule has 0 spiro atoms. The van der Waals surface area contributed by atoms with Crippen LogP contribution in [0.4, 0.5) is 8.78 Å². The molecule has 0 bridgehead atoms. The molecule has 0 aromatic heterocycles. The smallest absolute Gasteiger partial charge is 0.154 e. The number of thiol groups is 1. The van der Waals surface area contributed by atoms with Crippen molar-refractivity contribution in [1.29, 1.82) is 16.2 Å². The van der Waals surface area contributed by atoms with E-state index in [0.717, 1.165) is 0 Å². The minimum Gasteiger partial charge on any atom is -0.298 e. The van der Waals surface area contributed by atoms with Gasteiger partial charge in [0.05, 0.1) is 21.2 Å². The molecule has 4 nitrogen and oxygen atoms in total. The largest absolute Gasteiger partial charge is 0.298 e. The highest BCUT2D eigenvalue weighted by Crippen LogP contribution is 2.13. The first-order valence-electron chi connectivity index (χ1n) is 4.68. The van der Waals surface area contributed by atoms with Crippen molar-refractivity contribution in [2.45, 2.75) is 0 Å². The molecule has 3 N–H and O–H groups in total. The van der Waals surface area contributed by atoms with Gasteiger partial charge >= 0.3 is 0 Å². The van der Waals surface area contributed by atoms with Crippen molar-refractivity contribution in [2.24, 2.45) is 4.40 Å². The standard InChI is InChI=1S/C10H4Cl2F2N4S/c11-3-5(13)2-1(7(15)9(3)17)6(14)4(12)10(18-19)8(2)16/h15-17,19H/b15-7?,16-8?,17-9?,18-10-. The maximum Gasteiger partial charge on any atom is 0.154 e. The molecule has 2 rings (SSSR count). The molecule has 19 heavy (non-hydrogen) atoms. The Morgan fingerprint density at radius 3 is 1.84 bits per heavy atom. The number of hydrogen-bond acceptors (Lipinski definition) is 5. The molecule has 0 fully saturated rings. The minimum atomic E-state index is -1.16. The number of nitrogens with one attached hydrogen (secondary N) is 3. The van der Waals surface area contributed by atoms with Gasteiger partial charge in [0.25, 0.3) is 0 Å². The van der Waals surface area contributed by atoms with Gasteiger partial charge in [-0.15, -0.1) is 0 Å². The second-order valence-corrected chi connectivity index (χ2v) is 4.54. The molecule has 0 saturated carbocycles. The van der Waals surface area contributed by atoms with E-state index in [4.69, 9.17) is 39.4 Å². The van der Waals surface area contributed by atoms with E-state index in [9.17, 15) is 8.78 Å². The minimum absolute atomic E-state index is 0.359. The van der Waals surface area contributed by atoms with Crippen molar-refractivity contribution in [1.82, 2.24) is 0 Å². The van der Waals surface area contributed by atoms with Crippen molar-refractivity contribution in [2.75, 3.05) is 0 Å². The Labute approximate surface area is 119 Å². The molecule has 0 atom stereocenters. The van der Waals surface area contributed by atoms with Crippen LogP contribution >= 0.6 is 36.0 Å². The molecule has 0 unspecified atom stereocenters. The second kappa shape index (κ2) is 4.66. The zero-order chi connectivity index (χ0) is 14.5. The number of rotatable bonds is 0. The number of nitrogens with zero attached hydrogens (tertiary/aromatic N) is 1. The van der Waals surface area contributed by atoms with Gasteiger partial charge < -0.3 is 0 Å². The lowest BCUT2D eigenvalue weighted by Crippen LogP contribution is -2.36. The lowest BCUT2D eigenvalue weighted by Gasteiger charge is -2.03. The molecule has 0 amide bonds. The van der Waals surface area contributed by atoms with Gasteiger partial charge in [0.2, 0.25) is 0 Å². The van der Waals surface area contributed by atoms with E-state index in [0.29, 0.717) is 0 Å². The fraction of sp³-hybridized carbons (Fsp3) is 0. The maximum absolute atomic E-state index is 14.1. The third kappa shape index (κ3) is 1.80. The van der Waals surface area contributed by atoms with Crippen molar-refractivity contribution in [3.63, 3.8) is 0 Å².